The van der Waals surface area contributed by atoms with Crippen LogP contribution in [0.15, 0.2) is 0 Å². The third-order valence-electron chi connectivity index (χ3n) is 0.401. The summed E-state index contributed by atoms with van der Waals surface area (Å²) in [5.74, 6) is 0. The van der Waals surface area contributed by atoms with E-state index in [-0.39, 0.29) is 0 Å². The SMILES string of the molecule is C[CH2][Pb]([Cl])([Cl])[Cl]. The van der Waals surface area contributed by atoms with Crippen LogP contribution in [0.4, 0.5) is 0 Å². The van der Waals surface area contributed by atoms with Crippen LogP contribution in [0.2, 0.25) is 3.98 Å². The summed E-state index contributed by atoms with van der Waals surface area (Å²) >= 11 is -2.92. The predicted octanol–water partition coefficient (Wildman–Crippen LogP) is 2.66. The van der Waals surface area contributed by atoms with E-state index in [0.717, 1.165) is 3.98 Å². The number of halogens is 3. The Morgan fingerprint density at radius 3 is 1.50 bits per heavy atom. The molecule has 0 amide bonds. The molecule has 0 saturated heterocycles. The molecule has 0 aromatic heterocycles. The summed E-state index contributed by atoms with van der Waals surface area (Å²) in [7, 11) is 16.4. The van der Waals surface area contributed by atoms with Crippen molar-refractivity contribution in [3.63, 3.8) is 0 Å². The number of hydrogen-bond donors (Lipinski definition) is 0. The molecule has 0 atom stereocenters. The molecule has 0 nitrogen and oxygen atoms in total. The third kappa shape index (κ3) is 5.79. The fourth-order valence-corrected chi connectivity index (χ4v) is 0. The molecule has 0 aromatic carbocycles. The molecule has 6 heavy (non-hydrogen) atoms. The number of rotatable bonds is 1. The van der Waals surface area contributed by atoms with E-state index in [1.54, 1.807) is 0 Å². The minimum absolute atomic E-state index is 0.789. The quantitative estimate of drug-likeness (QED) is 0.643. The topological polar surface area (TPSA) is 0 Å². The monoisotopic (exact) mass is 342 g/mol. The Balaban J connectivity index is 3.17. The van der Waals surface area contributed by atoms with E-state index in [1.165, 1.54) is 0 Å². The Hall–Kier alpha value is 1.79. The van der Waals surface area contributed by atoms with Crippen LogP contribution in [0.25, 0.3) is 0 Å². The Bertz CT molecular complexity index is 38.5. The van der Waals surface area contributed by atoms with Crippen LogP contribution in [0.1, 0.15) is 6.92 Å². The summed E-state index contributed by atoms with van der Waals surface area (Å²) in [6.45, 7) is 1.91. The van der Waals surface area contributed by atoms with Crippen LogP contribution in [-0.4, -0.2) is 17.5 Å². The van der Waals surface area contributed by atoms with E-state index in [9.17, 15) is 0 Å². The third-order valence-corrected chi connectivity index (χ3v) is 10.6. The van der Waals surface area contributed by atoms with Gasteiger partial charge in [-0.25, -0.2) is 0 Å². The molecule has 0 unspecified atom stereocenters. The van der Waals surface area contributed by atoms with E-state index in [4.69, 9.17) is 24.9 Å². The molecule has 0 rings (SSSR count). The van der Waals surface area contributed by atoms with Crippen molar-refractivity contribution in [2.75, 3.05) is 0 Å². The Labute approximate surface area is 52.8 Å². The first-order valence-corrected chi connectivity index (χ1v) is 18.7. The summed E-state index contributed by atoms with van der Waals surface area (Å²) in [5.41, 5.74) is 0. The Kier molecular flexibility index (Phi) is 3.83. The zero-order valence-electron chi connectivity index (χ0n) is 3.34. The molecule has 0 spiro atoms. The molecule has 0 aromatic rings. The molecule has 0 saturated carbocycles. The first-order chi connectivity index (χ1) is 2.56. The molecule has 0 aliphatic rings. The maximum atomic E-state index is 5.47. The molecule has 0 bridgehead atoms. The standard InChI is InChI=1S/C2H5.3ClH.Pb/c1-2;;;;/h1H2,2H3;3*1H;/q;;;;+3/p-3. The van der Waals surface area contributed by atoms with Crippen molar-refractivity contribution in [2.45, 2.75) is 10.9 Å². The second-order valence-corrected chi connectivity index (χ2v) is 30.6. The summed E-state index contributed by atoms with van der Waals surface area (Å²) < 4.78 is 0.789. The summed E-state index contributed by atoms with van der Waals surface area (Å²) in [4.78, 5) is 0. The van der Waals surface area contributed by atoms with E-state index in [2.05, 4.69) is 0 Å². The second kappa shape index (κ2) is 2.95. The van der Waals surface area contributed by atoms with Crippen molar-refractivity contribution in [3.05, 3.63) is 0 Å². The van der Waals surface area contributed by atoms with Gasteiger partial charge in [0.25, 0.3) is 0 Å². The molecular weight excluding hydrogens is 338 g/mol. The van der Waals surface area contributed by atoms with Crippen molar-refractivity contribution in [3.8, 4) is 0 Å². The van der Waals surface area contributed by atoms with Gasteiger partial charge in [-0.15, -0.1) is 0 Å². The average molecular weight is 343 g/mol. The van der Waals surface area contributed by atoms with Gasteiger partial charge in [-0.3, -0.25) is 0 Å². The predicted molar refractivity (Wildman–Crippen MR) is 33.8 cm³/mol. The first-order valence-electron chi connectivity index (χ1n) is 1.63. The van der Waals surface area contributed by atoms with Gasteiger partial charge >= 0.3 is 53.4 Å². The van der Waals surface area contributed by atoms with Crippen LogP contribution in [0.3, 0.4) is 0 Å². The van der Waals surface area contributed by atoms with E-state index in [1.807, 2.05) is 6.92 Å². The van der Waals surface area contributed by atoms with Gasteiger partial charge in [-0.2, -0.15) is 0 Å². The van der Waals surface area contributed by atoms with Gasteiger partial charge in [0.2, 0.25) is 0 Å². The van der Waals surface area contributed by atoms with Crippen molar-refractivity contribution < 1.29 is 0 Å². The molecular formula is C2H5Cl3Pb. The number of hydrogen-bond acceptors (Lipinski definition) is 0. The van der Waals surface area contributed by atoms with Gasteiger partial charge in [-0.1, -0.05) is 0 Å². The van der Waals surface area contributed by atoms with Crippen molar-refractivity contribution in [1.29, 1.82) is 0 Å². The van der Waals surface area contributed by atoms with E-state index in [0.29, 0.717) is 0 Å². The summed E-state index contributed by atoms with van der Waals surface area (Å²) in [6.07, 6.45) is 0. The molecule has 0 N–H and O–H groups in total. The molecule has 4 heteroatoms. The fourth-order valence-electron chi connectivity index (χ4n) is 0. The van der Waals surface area contributed by atoms with Gasteiger partial charge in [0.05, 0.1) is 0 Å². The normalized spacial score (nSPS) is 12.0. The van der Waals surface area contributed by atoms with Crippen molar-refractivity contribution in [1.82, 2.24) is 0 Å². The van der Waals surface area contributed by atoms with Gasteiger partial charge in [0.1, 0.15) is 0 Å². The molecule has 38 valence electrons. The fraction of sp³-hybridized carbons (Fsp3) is 1.00. The van der Waals surface area contributed by atoms with Gasteiger partial charge in [0.15, 0.2) is 0 Å². The summed E-state index contributed by atoms with van der Waals surface area (Å²) in [6, 6.07) is 0. The van der Waals surface area contributed by atoms with E-state index >= 15 is 0 Å². The molecule has 0 fully saturated rings. The molecule has 0 heterocycles. The molecule has 0 aliphatic heterocycles. The average Bonchev–Trinajstić information content (AvgIpc) is 1.35. The zero-order valence-corrected chi connectivity index (χ0v) is 9.50. The van der Waals surface area contributed by atoms with Crippen molar-refractivity contribution >= 4 is 42.4 Å². The summed E-state index contributed by atoms with van der Waals surface area (Å²) in [5, 5.41) is 0. The van der Waals surface area contributed by atoms with Crippen LogP contribution in [0, 0.1) is 0 Å². The van der Waals surface area contributed by atoms with Crippen LogP contribution in [-0.2, 0) is 0 Å². The van der Waals surface area contributed by atoms with Crippen LogP contribution in [0.5, 0.6) is 0 Å². The first kappa shape index (κ1) is 7.79. The van der Waals surface area contributed by atoms with Gasteiger partial charge < -0.3 is 0 Å². The zero-order chi connectivity index (χ0) is 5.21. The van der Waals surface area contributed by atoms with Crippen LogP contribution >= 0.6 is 24.9 Å². The van der Waals surface area contributed by atoms with Crippen molar-refractivity contribution in [2.24, 2.45) is 0 Å². The Morgan fingerprint density at radius 1 is 1.33 bits per heavy atom. The van der Waals surface area contributed by atoms with Gasteiger partial charge in [-0.05, 0) is 0 Å². The van der Waals surface area contributed by atoms with E-state index < -0.39 is 17.5 Å². The molecule has 0 radical (unpaired) electrons. The minimum atomic E-state index is -2.92. The Morgan fingerprint density at radius 2 is 1.50 bits per heavy atom. The maximum absolute atomic E-state index is 5.47. The van der Waals surface area contributed by atoms with Crippen LogP contribution < -0.4 is 0 Å². The van der Waals surface area contributed by atoms with Gasteiger partial charge in [0, 0.05) is 0 Å². The second-order valence-electron chi connectivity index (χ2n) is 0.969. The molecule has 0 aliphatic carbocycles.